The minimum Gasteiger partial charge on any atom is -0.388 e. The summed E-state index contributed by atoms with van der Waals surface area (Å²) < 4.78 is 6.14. The standard InChI is InChI=1S/C15H25NO2S/c1-5-18-15(8-6-7-10(2)9-15)14-16-11(3)13(19-14)12(4)17/h10,12,17H,5-9H2,1-4H3. The molecule has 1 aromatic heterocycles. The molecular weight excluding hydrogens is 258 g/mol. The average molecular weight is 283 g/mol. The smallest absolute Gasteiger partial charge is 0.125 e. The topological polar surface area (TPSA) is 42.4 Å². The van der Waals surface area contributed by atoms with Crippen molar-refractivity contribution in [1.29, 1.82) is 0 Å². The van der Waals surface area contributed by atoms with Gasteiger partial charge in [-0.25, -0.2) is 4.98 Å². The maximum Gasteiger partial charge on any atom is 0.125 e. The molecule has 0 saturated heterocycles. The molecule has 3 unspecified atom stereocenters. The zero-order valence-corrected chi connectivity index (χ0v) is 13.2. The van der Waals surface area contributed by atoms with E-state index in [0.29, 0.717) is 5.92 Å². The van der Waals surface area contributed by atoms with Crippen molar-refractivity contribution >= 4 is 11.3 Å². The lowest BCUT2D eigenvalue weighted by Crippen LogP contribution is -2.35. The summed E-state index contributed by atoms with van der Waals surface area (Å²) in [6, 6.07) is 0. The minimum atomic E-state index is -0.439. The molecule has 19 heavy (non-hydrogen) atoms. The molecule has 0 amide bonds. The zero-order valence-electron chi connectivity index (χ0n) is 12.4. The molecular formula is C15H25NO2S. The van der Waals surface area contributed by atoms with Gasteiger partial charge >= 0.3 is 0 Å². The van der Waals surface area contributed by atoms with Crippen LogP contribution in [0.2, 0.25) is 0 Å². The quantitative estimate of drug-likeness (QED) is 0.910. The molecule has 2 rings (SSSR count). The molecule has 1 heterocycles. The average Bonchev–Trinajstić information content (AvgIpc) is 2.72. The Morgan fingerprint density at radius 2 is 2.32 bits per heavy atom. The van der Waals surface area contributed by atoms with Gasteiger partial charge < -0.3 is 9.84 Å². The Hall–Kier alpha value is -0.450. The van der Waals surface area contributed by atoms with E-state index in [2.05, 4.69) is 13.8 Å². The maximum absolute atomic E-state index is 9.81. The summed E-state index contributed by atoms with van der Waals surface area (Å²) in [4.78, 5) is 5.69. The van der Waals surface area contributed by atoms with Crippen LogP contribution in [0.3, 0.4) is 0 Å². The van der Waals surface area contributed by atoms with Crippen molar-refractivity contribution < 1.29 is 9.84 Å². The molecule has 1 fully saturated rings. The SMILES string of the molecule is CCOC1(c2nc(C)c(C(C)O)s2)CCCC(C)C1. The number of rotatable bonds is 4. The molecule has 0 radical (unpaired) electrons. The largest absolute Gasteiger partial charge is 0.388 e. The van der Waals surface area contributed by atoms with E-state index in [-0.39, 0.29) is 5.60 Å². The number of aliphatic hydroxyl groups is 1. The van der Waals surface area contributed by atoms with E-state index in [9.17, 15) is 5.11 Å². The minimum absolute atomic E-state index is 0.213. The third kappa shape index (κ3) is 3.01. The third-order valence-corrected chi connectivity index (χ3v) is 5.49. The molecule has 1 aromatic rings. The molecule has 1 aliphatic rings. The van der Waals surface area contributed by atoms with Crippen molar-refractivity contribution in [3.63, 3.8) is 0 Å². The molecule has 1 aliphatic carbocycles. The maximum atomic E-state index is 9.81. The summed E-state index contributed by atoms with van der Waals surface area (Å²) >= 11 is 1.63. The second kappa shape index (κ2) is 5.90. The number of hydrogen-bond acceptors (Lipinski definition) is 4. The summed E-state index contributed by atoms with van der Waals surface area (Å²) in [6.45, 7) is 8.85. The van der Waals surface area contributed by atoms with Gasteiger partial charge in [-0.15, -0.1) is 11.3 Å². The molecule has 1 N–H and O–H groups in total. The van der Waals surface area contributed by atoms with Crippen molar-refractivity contribution in [2.75, 3.05) is 6.61 Å². The fraction of sp³-hybridized carbons (Fsp3) is 0.800. The van der Waals surface area contributed by atoms with Gasteiger partial charge in [0, 0.05) is 6.61 Å². The highest BCUT2D eigenvalue weighted by atomic mass is 32.1. The number of nitrogens with zero attached hydrogens (tertiary/aromatic N) is 1. The lowest BCUT2D eigenvalue weighted by Gasteiger charge is -2.38. The van der Waals surface area contributed by atoms with Crippen LogP contribution in [0.25, 0.3) is 0 Å². The molecule has 0 aromatic carbocycles. The summed E-state index contributed by atoms with van der Waals surface area (Å²) in [5.74, 6) is 0.680. The van der Waals surface area contributed by atoms with E-state index in [4.69, 9.17) is 9.72 Å². The summed E-state index contributed by atoms with van der Waals surface area (Å²) in [7, 11) is 0. The number of thiazole rings is 1. The first-order chi connectivity index (χ1) is 8.98. The number of aliphatic hydroxyl groups excluding tert-OH is 1. The molecule has 108 valence electrons. The van der Waals surface area contributed by atoms with Gasteiger partial charge in [0.15, 0.2) is 0 Å². The predicted molar refractivity (Wildman–Crippen MR) is 78.4 cm³/mol. The molecule has 0 spiro atoms. The molecule has 3 nitrogen and oxygen atoms in total. The summed E-state index contributed by atoms with van der Waals surface area (Å²) in [6.07, 6.45) is 4.14. The van der Waals surface area contributed by atoms with Crippen molar-refractivity contribution in [2.24, 2.45) is 5.92 Å². The fourth-order valence-corrected chi connectivity index (χ4v) is 4.34. The highest BCUT2D eigenvalue weighted by molar-refractivity contribution is 7.12. The second-order valence-electron chi connectivity index (χ2n) is 5.77. The van der Waals surface area contributed by atoms with Crippen LogP contribution in [0.1, 0.15) is 68.1 Å². The van der Waals surface area contributed by atoms with Gasteiger partial charge in [0.05, 0.1) is 16.7 Å². The normalized spacial score (nSPS) is 29.4. The highest BCUT2D eigenvalue weighted by Crippen LogP contribution is 2.45. The highest BCUT2D eigenvalue weighted by Gasteiger charge is 2.40. The van der Waals surface area contributed by atoms with Crippen LogP contribution < -0.4 is 0 Å². The first kappa shape index (κ1) is 14.9. The van der Waals surface area contributed by atoms with E-state index in [1.54, 1.807) is 18.3 Å². The van der Waals surface area contributed by atoms with Crippen molar-refractivity contribution in [1.82, 2.24) is 4.98 Å². The Morgan fingerprint density at radius 3 is 2.84 bits per heavy atom. The monoisotopic (exact) mass is 283 g/mol. The third-order valence-electron chi connectivity index (χ3n) is 3.98. The van der Waals surface area contributed by atoms with E-state index in [1.807, 2.05) is 6.92 Å². The first-order valence-electron chi connectivity index (χ1n) is 7.28. The van der Waals surface area contributed by atoms with Crippen molar-refractivity contribution in [2.45, 2.75) is 65.1 Å². The van der Waals surface area contributed by atoms with E-state index < -0.39 is 6.10 Å². The molecule has 4 heteroatoms. The van der Waals surface area contributed by atoms with Crippen LogP contribution in [0.15, 0.2) is 0 Å². The second-order valence-corrected chi connectivity index (χ2v) is 6.80. The predicted octanol–water partition coefficient (Wildman–Crippen LogP) is 3.95. The number of aryl methyl sites for hydroxylation is 1. The first-order valence-corrected chi connectivity index (χ1v) is 8.10. The van der Waals surface area contributed by atoms with Crippen LogP contribution >= 0.6 is 11.3 Å². The Bertz CT molecular complexity index is 426. The van der Waals surface area contributed by atoms with Crippen LogP contribution in [0, 0.1) is 12.8 Å². The van der Waals surface area contributed by atoms with Gasteiger partial charge in [-0.05, 0) is 46.0 Å². The Kier molecular flexibility index (Phi) is 4.64. The van der Waals surface area contributed by atoms with E-state index in [0.717, 1.165) is 35.0 Å². The lowest BCUT2D eigenvalue weighted by molar-refractivity contribution is -0.0821. The van der Waals surface area contributed by atoms with Crippen LogP contribution in [-0.2, 0) is 10.3 Å². The zero-order chi connectivity index (χ0) is 14.0. The van der Waals surface area contributed by atoms with Crippen molar-refractivity contribution in [3.05, 3.63) is 15.6 Å². The lowest BCUT2D eigenvalue weighted by atomic mass is 9.79. The summed E-state index contributed by atoms with van der Waals surface area (Å²) in [5, 5.41) is 10.9. The molecule has 1 saturated carbocycles. The Balaban J connectivity index is 2.35. The number of aromatic nitrogens is 1. The van der Waals surface area contributed by atoms with Gasteiger partial charge in [-0.1, -0.05) is 13.3 Å². The van der Waals surface area contributed by atoms with Gasteiger partial charge in [0.2, 0.25) is 0 Å². The summed E-state index contributed by atoms with van der Waals surface area (Å²) in [5.41, 5.74) is 0.738. The molecule has 3 atom stereocenters. The fourth-order valence-electron chi connectivity index (χ4n) is 3.16. The van der Waals surface area contributed by atoms with Gasteiger partial charge in [-0.3, -0.25) is 0 Å². The Labute approximate surface area is 120 Å². The molecule has 0 aliphatic heterocycles. The number of ether oxygens (including phenoxy) is 1. The van der Waals surface area contributed by atoms with Gasteiger partial charge in [0.25, 0.3) is 0 Å². The Morgan fingerprint density at radius 1 is 1.58 bits per heavy atom. The van der Waals surface area contributed by atoms with Crippen LogP contribution in [0.4, 0.5) is 0 Å². The van der Waals surface area contributed by atoms with Gasteiger partial charge in [0.1, 0.15) is 10.6 Å². The molecule has 0 bridgehead atoms. The van der Waals surface area contributed by atoms with E-state index in [1.165, 1.54) is 12.8 Å². The van der Waals surface area contributed by atoms with Crippen LogP contribution in [-0.4, -0.2) is 16.7 Å². The van der Waals surface area contributed by atoms with Crippen molar-refractivity contribution in [3.8, 4) is 0 Å². The van der Waals surface area contributed by atoms with Gasteiger partial charge in [-0.2, -0.15) is 0 Å². The van der Waals surface area contributed by atoms with Crippen LogP contribution in [0.5, 0.6) is 0 Å². The number of hydrogen-bond donors (Lipinski definition) is 1. The van der Waals surface area contributed by atoms with E-state index >= 15 is 0 Å².